The quantitative estimate of drug-likeness (QED) is 0.516. The van der Waals surface area contributed by atoms with Crippen LogP contribution in [0.2, 0.25) is 0 Å². The Labute approximate surface area is 149 Å². The van der Waals surface area contributed by atoms with Crippen LogP contribution in [0.25, 0.3) is 0 Å². The number of carbonyl (C=O) groups excluding carboxylic acids is 3. The zero-order valence-corrected chi connectivity index (χ0v) is 15.4. The van der Waals surface area contributed by atoms with Crippen LogP contribution in [0.15, 0.2) is 9.72 Å². The van der Waals surface area contributed by atoms with Gasteiger partial charge in [-0.05, 0) is 19.8 Å². The molecule has 2 rings (SSSR count). The number of rotatable bonds is 9. The summed E-state index contributed by atoms with van der Waals surface area (Å²) in [5, 5.41) is 4.64. The molecule has 1 heterocycles. The molecule has 9 heteroatoms. The first-order valence-electron chi connectivity index (χ1n) is 7.74. The summed E-state index contributed by atoms with van der Waals surface area (Å²) in [4.78, 5) is 40.8. The number of nitrogens with one attached hydrogen (secondary N) is 1. The summed E-state index contributed by atoms with van der Waals surface area (Å²) in [6.07, 6.45) is 2.19. The summed E-state index contributed by atoms with van der Waals surface area (Å²) < 4.78 is 5.59. The van der Waals surface area contributed by atoms with Gasteiger partial charge in [0.15, 0.2) is 4.34 Å². The lowest BCUT2D eigenvalue weighted by Gasteiger charge is -2.16. The summed E-state index contributed by atoms with van der Waals surface area (Å²) in [5.74, 6) is -0.353. The summed E-state index contributed by atoms with van der Waals surface area (Å²) in [7, 11) is 1.61. The van der Waals surface area contributed by atoms with Gasteiger partial charge in [0.1, 0.15) is 0 Å². The predicted molar refractivity (Wildman–Crippen MR) is 92.0 cm³/mol. The number of ether oxygens (including phenoxy) is 1. The lowest BCUT2D eigenvalue weighted by atomic mass is 10.3. The number of nitrogens with zero attached hydrogens (tertiary/aromatic N) is 2. The fourth-order valence-corrected chi connectivity index (χ4v) is 3.62. The second-order valence-corrected chi connectivity index (χ2v) is 7.55. The minimum absolute atomic E-state index is 0.0713. The third-order valence-corrected chi connectivity index (χ3v) is 5.28. The maximum atomic E-state index is 12.1. The maximum absolute atomic E-state index is 12.1. The molecule has 0 unspecified atom stereocenters. The molecule has 1 saturated carbocycles. The Morgan fingerprint density at radius 1 is 1.46 bits per heavy atom. The molecule has 1 N–H and O–H groups in total. The van der Waals surface area contributed by atoms with Crippen molar-refractivity contribution in [3.8, 4) is 0 Å². The molecule has 0 saturated heterocycles. The lowest BCUT2D eigenvalue weighted by molar-refractivity contribution is -0.142. The van der Waals surface area contributed by atoms with Crippen molar-refractivity contribution in [3.05, 3.63) is 11.1 Å². The molecular formula is C15H21N3O4S2. The molecule has 0 spiro atoms. The number of carbonyl (C=O) groups is 3. The first-order chi connectivity index (χ1) is 11.5. The molecular weight excluding hydrogens is 350 g/mol. The van der Waals surface area contributed by atoms with Gasteiger partial charge in [-0.3, -0.25) is 14.4 Å². The number of likely N-dealkylation sites (N-methyl/N-ethyl adjacent to an activating group) is 1. The van der Waals surface area contributed by atoms with Crippen molar-refractivity contribution < 1.29 is 19.1 Å². The minimum atomic E-state index is -0.308. The van der Waals surface area contributed by atoms with Gasteiger partial charge in [-0.15, -0.1) is 11.3 Å². The van der Waals surface area contributed by atoms with E-state index in [1.54, 1.807) is 19.4 Å². The Balaban J connectivity index is 1.71. The van der Waals surface area contributed by atoms with Crippen molar-refractivity contribution in [3.63, 3.8) is 0 Å². The van der Waals surface area contributed by atoms with Gasteiger partial charge in [-0.1, -0.05) is 11.8 Å². The van der Waals surface area contributed by atoms with Crippen LogP contribution in [0, 0.1) is 0 Å². The van der Waals surface area contributed by atoms with E-state index >= 15 is 0 Å². The van der Waals surface area contributed by atoms with Crippen LogP contribution in [0.1, 0.15) is 25.5 Å². The van der Waals surface area contributed by atoms with Crippen LogP contribution in [0.5, 0.6) is 0 Å². The monoisotopic (exact) mass is 371 g/mol. The van der Waals surface area contributed by atoms with E-state index in [1.807, 2.05) is 0 Å². The predicted octanol–water partition coefficient (Wildman–Crippen LogP) is 1.08. The Morgan fingerprint density at radius 3 is 2.88 bits per heavy atom. The third kappa shape index (κ3) is 6.48. The first kappa shape index (κ1) is 18.7. The number of thiazole rings is 1. The molecule has 1 aromatic rings. The van der Waals surface area contributed by atoms with Gasteiger partial charge in [0.25, 0.3) is 0 Å². The normalized spacial score (nSPS) is 13.4. The molecule has 1 fully saturated rings. The van der Waals surface area contributed by atoms with Crippen LogP contribution < -0.4 is 5.32 Å². The molecule has 0 atom stereocenters. The van der Waals surface area contributed by atoms with Gasteiger partial charge in [-0.2, -0.15) is 0 Å². The van der Waals surface area contributed by atoms with Gasteiger partial charge in [0.2, 0.25) is 11.8 Å². The first-order valence-corrected chi connectivity index (χ1v) is 9.60. The SMILES string of the molecule is CCOC(=O)Cc1csc(SCC(=O)N(C)CC(=O)NC2CC2)n1. The molecule has 1 aliphatic rings. The van der Waals surface area contributed by atoms with Crippen LogP contribution in [0.4, 0.5) is 0 Å². The van der Waals surface area contributed by atoms with Crippen LogP contribution >= 0.6 is 23.1 Å². The molecule has 7 nitrogen and oxygen atoms in total. The number of hydrogen-bond acceptors (Lipinski definition) is 7. The molecule has 24 heavy (non-hydrogen) atoms. The standard InChI is InChI=1S/C15H21N3O4S2/c1-3-22-14(21)6-11-8-23-15(17-11)24-9-13(20)18(2)7-12(19)16-10-4-5-10/h8,10H,3-7,9H2,1-2H3,(H,16,19). The van der Waals surface area contributed by atoms with Crippen LogP contribution in [-0.2, 0) is 25.5 Å². The highest BCUT2D eigenvalue weighted by Crippen LogP contribution is 2.23. The van der Waals surface area contributed by atoms with Crippen molar-refractivity contribution in [1.29, 1.82) is 0 Å². The van der Waals surface area contributed by atoms with Crippen molar-refractivity contribution in [2.75, 3.05) is 26.0 Å². The Kier molecular flexibility index (Phi) is 7.04. The van der Waals surface area contributed by atoms with Gasteiger partial charge < -0.3 is 15.0 Å². The highest BCUT2D eigenvalue weighted by Gasteiger charge is 2.24. The van der Waals surface area contributed by atoms with E-state index in [0.717, 1.165) is 17.2 Å². The van der Waals surface area contributed by atoms with Crippen molar-refractivity contribution >= 4 is 40.9 Å². The number of hydrogen-bond donors (Lipinski definition) is 1. The van der Waals surface area contributed by atoms with E-state index < -0.39 is 0 Å². The average Bonchev–Trinajstić information content (AvgIpc) is 3.22. The van der Waals surface area contributed by atoms with Gasteiger partial charge >= 0.3 is 5.97 Å². The molecule has 0 radical (unpaired) electrons. The largest absolute Gasteiger partial charge is 0.466 e. The Morgan fingerprint density at radius 2 is 2.21 bits per heavy atom. The highest BCUT2D eigenvalue weighted by molar-refractivity contribution is 8.01. The molecule has 0 aliphatic heterocycles. The van der Waals surface area contributed by atoms with Crippen molar-refractivity contribution in [2.45, 2.75) is 36.6 Å². The number of amides is 2. The highest BCUT2D eigenvalue weighted by atomic mass is 32.2. The zero-order chi connectivity index (χ0) is 17.5. The molecule has 1 aliphatic carbocycles. The lowest BCUT2D eigenvalue weighted by Crippen LogP contribution is -2.39. The molecule has 2 amide bonds. The average molecular weight is 371 g/mol. The van der Waals surface area contributed by atoms with E-state index in [0.29, 0.717) is 18.3 Å². The van der Waals surface area contributed by atoms with E-state index in [1.165, 1.54) is 28.0 Å². The molecule has 1 aromatic heterocycles. The second-order valence-electron chi connectivity index (χ2n) is 5.47. The molecule has 132 valence electrons. The van der Waals surface area contributed by atoms with Gasteiger partial charge in [0, 0.05) is 18.5 Å². The fourth-order valence-electron chi connectivity index (χ4n) is 1.83. The van der Waals surface area contributed by atoms with Crippen molar-refractivity contribution in [2.24, 2.45) is 0 Å². The smallest absolute Gasteiger partial charge is 0.311 e. The van der Waals surface area contributed by atoms with Crippen LogP contribution in [0.3, 0.4) is 0 Å². The van der Waals surface area contributed by atoms with E-state index in [9.17, 15) is 14.4 Å². The Bertz CT molecular complexity index is 601. The number of aromatic nitrogens is 1. The number of thioether (sulfide) groups is 1. The Hall–Kier alpha value is -1.61. The van der Waals surface area contributed by atoms with Gasteiger partial charge in [-0.25, -0.2) is 4.98 Å². The summed E-state index contributed by atoms with van der Waals surface area (Å²) in [6, 6.07) is 0.295. The maximum Gasteiger partial charge on any atom is 0.311 e. The molecule has 0 aromatic carbocycles. The fraction of sp³-hybridized carbons (Fsp3) is 0.600. The van der Waals surface area contributed by atoms with E-state index in [2.05, 4.69) is 10.3 Å². The topological polar surface area (TPSA) is 88.6 Å². The molecule has 0 bridgehead atoms. The zero-order valence-electron chi connectivity index (χ0n) is 13.7. The second kappa shape index (κ2) is 9.03. The minimum Gasteiger partial charge on any atom is -0.466 e. The summed E-state index contributed by atoms with van der Waals surface area (Å²) in [6.45, 7) is 2.18. The summed E-state index contributed by atoms with van der Waals surface area (Å²) in [5.41, 5.74) is 0.644. The number of esters is 1. The van der Waals surface area contributed by atoms with Crippen LogP contribution in [-0.4, -0.2) is 59.7 Å². The van der Waals surface area contributed by atoms with Gasteiger partial charge in [0.05, 0.1) is 31.0 Å². The van der Waals surface area contributed by atoms with E-state index in [4.69, 9.17) is 4.74 Å². The van der Waals surface area contributed by atoms with E-state index in [-0.39, 0.29) is 36.5 Å². The van der Waals surface area contributed by atoms with Crippen molar-refractivity contribution in [1.82, 2.24) is 15.2 Å². The summed E-state index contributed by atoms with van der Waals surface area (Å²) >= 11 is 2.69. The third-order valence-electron chi connectivity index (χ3n) is 3.23.